The third-order valence-electron chi connectivity index (χ3n) is 5.15. The number of aryl methyl sites for hydroxylation is 1. The largest absolute Gasteiger partial charge is 0.326 e. The van der Waals surface area contributed by atoms with E-state index >= 15 is 0 Å². The first kappa shape index (κ1) is 16.5. The normalized spacial score (nSPS) is 19.2. The minimum Gasteiger partial charge on any atom is -0.326 e. The van der Waals surface area contributed by atoms with E-state index in [0.717, 1.165) is 12.8 Å². The third kappa shape index (κ3) is 4.82. The summed E-state index contributed by atoms with van der Waals surface area (Å²) in [4.78, 5) is 2.63. The van der Waals surface area contributed by atoms with Gasteiger partial charge >= 0.3 is 0 Å². The van der Waals surface area contributed by atoms with Crippen LogP contribution in [0, 0.1) is 0 Å². The molecule has 1 saturated heterocycles. The summed E-state index contributed by atoms with van der Waals surface area (Å²) in [5.41, 5.74) is 8.11. The summed E-state index contributed by atoms with van der Waals surface area (Å²) in [6.07, 6.45) is 8.87. The molecule has 1 aliphatic heterocycles. The van der Waals surface area contributed by atoms with Crippen LogP contribution in [0.3, 0.4) is 0 Å². The maximum Gasteiger partial charge on any atom is 0.0304 e. The molecule has 21 heavy (non-hydrogen) atoms. The highest BCUT2D eigenvalue weighted by atomic mass is 15.2. The maximum absolute atomic E-state index is 6.56. The number of hydrogen-bond acceptors (Lipinski definition) is 2. The molecule has 1 aliphatic rings. The van der Waals surface area contributed by atoms with Crippen molar-refractivity contribution in [2.75, 3.05) is 13.1 Å². The third-order valence-corrected chi connectivity index (χ3v) is 5.15. The molecule has 0 aliphatic carbocycles. The molecule has 1 atom stereocenters. The molecule has 0 bridgehead atoms. The lowest BCUT2D eigenvalue weighted by Crippen LogP contribution is -2.56. The number of hydrogen-bond donors (Lipinski definition) is 1. The fourth-order valence-corrected chi connectivity index (χ4v) is 3.41. The van der Waals surface area contributed by atoms with E-state index in [4.69, 9.17) is 5.73 Å². The van der Waals surface area contributed by atoms with Crippen LogP contribution in [-0.2, 0) is 6.42 Å². The predicted molar refractivity (Wildman–Crippen MR) is 91.5 cm³/mol. The number of rotatable bonds is 6. The molecule has 2 heteroatoms. The standard InChI is InChI=1S/C19H32N2/c1-19(2,21-15-8-3-4-9-16-21)18(20)14-10-13-17-11-6-5-7-12-17/h5-7,11-12,18H,3-4,8-10,13-16,20H2,1-2H3. The van der Waals surface area contributed by atoms with Crippen molar-refractivity contribution in [3.05, 3.63) is 35.9 Å². The molecule has 2 nitrogen and oxygen atoms in total. The van der Waals surface area contributed by atoms with E-state index in [9.17, 15) is 0 Å². The molecular weight excluding hydrogens is 256 g/mol. The fourth-order valence-electron chi connectivity index (χ4n) is 3.41. The Morgan fingerprint density at radius 3 is 2.29 bits per heavy atom. The summed E-state index contributed by atoms with van der Waals surface area (Å²) < 4.78 is 0. The van der Waals surface area contributed by atoms with Gasteiger partial charge < -0.3 is 5.73 Å². The van der Waals surface area contributed by atoms with E-state index in [1.807, 2.05) is 0 Å². The molecule has 2 N–H and O–H groups in total. The first-order valence-corrected chi connectivity index (χ1v) is 8.65. The highest BCUT2D eigenvalue weighted by molar-refractivity contribution is 5.14. The number of likely N-dealkylation sites (tertiary alicyclic amines) is 1. The predicted octanol–water partition coefficient (Wildman–Crippen LogP) is 3.99. The van der Waals surface area contributed by atoms with Crippen LogP contribution in [0.25, 0.3) is 0 Å². The van der Waals surface area contributed by atoms with Crippen LogP contribution in [0.5, 0.6) is 0 Å². The van der Waals surface area contributed by atoms with Crippen molar-refractivity contribution in [2.24, 2.45) is 5.73 Å². The van der Waals surface area contributed by atoms with Gasteiger partial charge in [0.1, 0.15) is 0 Å². The van der Waals surface area contributed by atoms with E-state index in [2.05, 4.69) is 49.1 Å². The molecule has 2 rings (SSSR count). The lowest BCUT2D eigenvalue weighted by Gasteiger charge is -2.42. The average molecular weight is 288 g/mol. The molecule has 0 aromatic heterocycles. The number of nitrogens with two attached hydrogens (primary N) is 1. The van der Waals surface area contributed by atoms with Gasteiger partial charge in [0.25, 0.3) is 0 Å². The molecule has 0 radical (unpaired) electrons. The van der Waals surface area contributed by atoms with Crippen LogP contribution in [0.4, 0.5) is 0 Å². The average Bonchev–Trinajstić information content (AvgIpc) is 2.77. The molecule has 1 fully saturated rings. The smallest absolute Gasteiger partial charge is 0.0304 e. The zero-order valence-corrected chi connectivity index (χ0v) is 13.9. The van der Waals surface area contributed by atoms with Crippen LogP contribution in [0.15, 0.2) is 30.3 Å². The highest BCUT2D eigenvalue weighted by Crippen LogP contribution is 2.25. The van der Waals surface area contributed by atoms with Crippen LogP contribution in [-0.4, -0.2) is 29.6 Å². The van der Waals surface area contributed by atoms with Gasteiger partial charge in [-0.25, -0.2) is 0 Å². The lowest BCUT2D eigenvalue weighted by molar-refractivity contribution is 0.0941. The monoisotopic (exact) mass is 288 g/mol. The van der Waals surface area contributed by atoms with Gasteiger partial charge in [-0.3, -0.25) is 4.90 Å². The number of benzene rings is 1. The van der Waals surface area contributed by atoms with Gasteiger partial charge in [-0.2, -0.15) is 0 Å². The summed E-state index contributed by atoms with van der Waals surface area (Å²) in [5.74, 6) is 0. The minimum absolute atomic E-state index is 0.126. The molecule has 1 aromatic rings. The molecule has 0 spiro atoms. The van der Waals surface area contributed by atoms with Gasteiger partial charge in [0.05, 0.1) is 0 Å². The van der Waals surface area contributed by atoms with Crippen molar-refractivity contribution < 1.29 is 0 Å². The second-order valence-corrected chi connectivity index (χ2v) is 7.04. The molecule has 118 valence electrons. The molecule has 1 unspecified atom stereocenters. The van der Waals surface area contributed by atoms with Crippen LogP contribution < -0.4 is 5.73 Å². The molecule has 0 amide bonds. The van der Waals surface area contributed by atoms with Crippen molar-refractivity contribution in [1.29, 1.82) is 0 Å². The van der Waals surface area contributed by atoms with Gasteiger partial charge in [-0.05, 0) is 64.6 Å². The molecule has 1 aromatic carbocycles. The fraction of sp³-hybridized carbons (Fsp3) is 0.684. The van der Waals surface area contributed by atoms with Crippen molar-refractivity contribution in [2.45, 2.75) is 70.4 Å². The second-order valence-electron chi connectivity index (χ2n) is 7.04. The Morgan fingerprint density at radius 1 is 1.05 bits per heavy atom. The Kier molecular flexibility index (Phi) is 6.25. The van der Waals surface area contributed by atoms with E-state index < -0.39 is 0 Å². The lowest BCUT2D eigenvalue weighted by atomic mass is 9.88. The Balaban J connectivity index is 1.81. The zero-order chi connectivity index (χ0) is 15.1. The van der Waals surface area contributed by atoms with E-state index in [0.29, 0.717) is 0 Å². The van der Waals surface area contributed by atoms with Crippen LogP contribution in [0.2, 0.25) is 0 Å². The Morgan fingerprint density at radius 2 is 1.67 bits per heavy atom. The quantitative estimate of drug-likeness (QED) is 0.857. The molecular formula is C19H32N2. The van der Waals surface area contributed by atoms with Crippen LogP contribution in [0.1, 0.15) is 57.9 Å². The summed E-state index contributed by atoms with van der Waals surface area (Å²) in [6.45, 7) is 7.12. The van der Waals surface area contributed by atoms with Crippen LogP contribution >= 0.6 is 0 Å². The Hall–Kier alpha value is -0.860. The van der Waals surface area contributed by atoms with Crippen molar-refractivity contribution in [3.63, 3.8) is 0 Å². The minimum atomic E-state index is 0.126. The maximum atomic E-state index is 6.56. The van der Waals surface area contributed by atoms with Crippen molar-refractivity contribution in [1.82, 2.24) is 4.90 Å². The van der Waals surface area contributed by atoms with E-state index in [1.165, 1.54) is 50.8 Å². The summed E-state index contributed by atoms with van der Waals surface area (Å²) in [5, 5.41) is 0. The summed E-state index contributed by atoms with van der Waals surface area (Å²) in [6, 6.07) is 11.0. The Labute approximate surface area is 130 Å². The van der Waals surface area contributed by atoms with E-state index in [-0.39, 0.29) is 11.6 Å². The first-order chi connectivity index (χ1) is 10.1. The molecule has 1 heterocycles. The second kappa shape index (κ2) is 7.95. The van der Waals surface area contributed by atoms with Gasteiger partial charge in [0, 0.05) is 11.6 Å². The highest BCUT2D eigenvalue weighted by Gasteiger charge is 2.32. The summed E-state index contributed by atoms with van der Waals surface area (Å²) in [7, 11) is 0. The van der Waals surface area contributed by atoms with Gasteiger partial charge in [0.15, 0.2) is 0 Å². The zero-order valence-electron chi connectivity index (χ0n) is 13.9. The van der Waals surface area contributed by atoms with Gasteiger partial charge in [-0.1, -0.05) is 43.2 Å². The first-order valence-electron chi connectivity index (χ1n) is 8.65. The van der Waals surface area contributed by atoms with Crippen molar-refractivity contribution >= 4 is 0 Å². The Bertz CT molecular complexity index is 391. The van der Waals surface area contributed by atoms with E-state index in [1.54, 1.807) is 0 Å². The topological polar surface area (TPSA) is 29.3 Å². The van der Waals surface area contributed by atoms with Crippen molar-refractivity contribution in [3.8, 4) is 0 Å². The number of nitrogens with zero attached hydrogens (tertiary/aromatic N) is 1. The molecule has 0 saturated carbocycles. The van der Waals surface area contributed by atoms with Gasteiger partial charge in [0.2, 0.25) is 0 Å². The summed E-state index contributed by atoms with van der Waals surface area (Å²) >= 11 is 0. The SMILES string of the molecule is CC(C)(C(N)CCCc1ccccc1)N1CCCCCC1. The van der Waals surface area contributed by atoms with Gasteiger partial charge in [-0.15, -0.1) is 0 Å².